The van der Waals surface area contributed by atoms with Crippen molar-refractivity contribution in [2.24, 2.45) is 11.8 Å². The lowest BCUT2D eigenvalue weighted by Crippen LogP contribution is -2.30. The minimum absolute atomic E-state index is 0.0149. The van der Waals surface area contributed by atoms with Crippen molar-refractivity contribution in [3.05, 3.63) is 0 Å². The van der Waals surface area contributed by atoms with Gasteiger partial charge in [-0.1, -0.05) is 0 Å². The van der Waals surface area contributed by atoms with Gasteiger partial charge in [0, 0.05) is 12.3 Å². The molecule has 0 aromatic rings. The highest BCUT2D eigenvalue weighted by molar-refractivity contribution is 7.55. The Morgan fingerprint density at radius 1 is 1.29 bits per heavy atom. The fourth-order valence-corrected chi connectivity index (χ4v) is 3.80. The van der Waals surface area contributed by atoms with Crippen LogP contribution in [0.1, 0.15) is 20.3 Å². The topological polar surface area (TPSA) is 71.1 Å². The molecule has 124 valence electrons. The smallest absolute Gasteiger partial charge is 0.399 e. The van der Waals surface area contributed by atoms with E-state index in [2.05, 4.69) is 4.74 Å². The second-order valence-corrected chi connectivity index (χ2v) is 6.80. The van der Waals surface area contributed by atoms with Crippen LogP contribution in [0.4, 0.5) is 8.78 Å². The summed E-state index contributed by atoms with van der Waals surface area (Å²) in [6.45, 7) is 2.59. The second-order valence-electron chi connectivity index (χ2n) is 4.63. The summed E-state index contributed by atoms with van der Waals surface area (Å²) in [4.78, 5) is 11.5. The fraction of sp³-hybridized carbons (Fsp3) is 0.917. The van der Waals surface area contributed by atoms with Crippen LogP contribution in [-0.2, 0) is 27.9 Å². The average Bonchev–Trinajstić information content (AvgIpc) is 2.85. The van der Waals surface area contributed by atoms with E-state index in [0.717, 1.165) is 0 Å². The molecule has 21 heavy (non-hydrogen) atoms. The summed E-state index contributed by atoms with van der Waals surface area (Å²) >= 11 is 0. The van der Waals surface area contributed by atoms with Gasteiger partial charge in [-0.3, -0.25) is 9.36 Å². The Hall–Kier alpha value is -0.560. The van der Waals surface area contributed by atoms with Gasteiger partial charge in [-0.2, -0.15) is 8.78 Å². The van der Waals surface area contributed by atoms with Crippen LogP contribution in [-0.4, -0.2) is 45.2 Å². The first kappa shape index (κ1) is 18.5. The number of halogens is 2. The molecule has 0 aromatic carbocycles. The van der Waals surface area contributed by atoms with Gasteiger partial charge in [0.15, 0.2) is 0 Å². The first-order valence-electron chi connectivity index (χ1n) is 6.74. The highest BCUT2D eigenvalue weighted by atomic mass is 31.2. The van der Waals surface area contributed by atoms with E-state index in [0.29, 0.717) is 0 Å². The number of alkyl halides is 2. The van der Waals surface area contributed by atoms with Crippen LogP contribution in [0.3, 0.4) is 0 Å². The van der Waals surface area contributed by atoms with Gasteiger partial charge in [0.1, 0.15) is 0 Å². The molecule has 0 N–H and O–H groups in total. The monoisotopic (exact) mass is 330 g/mol. The Balaban J connectivity index is 2.86. The quantitative estimate of drug-likeness (QED) is 0.503. The standard InChI is InChI=1S/C12H21F2O6P/c1-4-19-21(16,20-5-2)12(13,14)6-9-7-18-8-10(9)11(15)17-3/h9-10H,4-8H2,1-3H3/t9-,10+/m0/s1. The number of hydrogen-bond acceptors (Lipinski definition) is 6. The molecule has 1 saturated heterocycles. The summed E-state index contributed by atoms with van der Waals surface area (Å²) in [6, 6.07) is 0. The van der Waals surface area contributed by atoms with Crippen molar-refractivity contribution in [3.63, 3.8) is 0 Å². The molecule has 2 atom stereocenters. The predicted molar refractivity (Wildman–Crippen MR) is 70.2 cm³/mol. The van der Waals surface area contributed by atoms with E-state index in [4.69, 9.17) is 13.8 Å². The second kappa shape index (κ2) is 7.63. The van der Waals surface area contributed by atoms with E-state index in [1.807, 2.05) is 0 Å². The molecule has 1 fully saturated rings. The summed E-state index contributed by atoms with van der Waals surface area (Å²) in [6.07, 6.45) is -0.815. The van der Waals surface area contributed by atoms with Crippen molar-refractivity contribution < 1.29 is 36.7 Å². The molecule has 6 nitrogen and oxygen atoms in total. The number of carbonyl (C=O) groups excluding carboxylic acids is 1. The zero-order valence-corrected chi connectivity index (χ0v) is 13.2. The molecule has 0 aliphatic carbocycles. The third kappa shape index (κ3) is 4.22. The number of hydrogen-bond donors (Lipinski definition) is 0. The molecule has 0 saturated carbocycles. The molecule has 0 aromatic heterocycles. The maximum absolute atomic E-state index is 14.3. The van der Waals surface area contributed by atoms with E-state index in [9.17, 15) is 18.1 Å². The van der Waals surface area contributed by atoms with Crippen LogP contribution >= 0.6 is 7.60 Å². The van der Waals surface area contributed by atoms with Crippen LogP contribution in [0, 0.1) is 11.8 Å². The van der Waals surface area contributed by atoms with Gasteiger partial charge in [0.05, 0.1) is 39.5 Å². The lowest BCUT2D eigenvalue weighted by molar-refractivity contribution is -0.147. The Morgan fingerprint density at radius 2 is 1.86 bits per heavy atom. The maximum Gasteiger partial charge on any atom is 0.399 e. The molecule has 0 radical (unpaired) electrons. The van der Waals surface area contributed by atoms with Crippen LogP contribution in [0.2, 0.25) is 0 Å². The minimum atomic E-state index is -4.58. The molecule has 9 heteroatoms. The molecule has 1 rings (SSSR count). The normalized spacial score (nSPS) is 23.3. The summed E-state index contributed by atoms with van der Waals surface area (Å²) < 4.78 is 59.9. The van der Waals surface area contributed by atoms with Gasteiger partial charge in [-0.25, -0.2) is 0 Å². The van der Waals surface area contributed by atoms with Crippen molar-refractivity contribution >= 4 is 13.6 Å². The van der Waals surface area contributed by atoms with Crippen molar-refractivity contribution in [2.45, 2.75) is 25.9 Å². The summed E-state index contributed by atoms with van der Waals surface area (Å²) in [7, 11) is -3.40. The number of esters is 1. The minimum Gasteiger partial charge on any atom is -0.469 e. The zero-order chi connectivity index (χ0) is 16.1. The summed E-state index contributed by atoms with van der Waals surface area (Å²) in [5, 5.41) is 0. The van der Waals surface area contributed by atoms with Crippen molar-refractivity contribution in [1.82, 2.24) is 0 Å². The van der Waals surface area contributed by atoms with Crippen LogP contribution < -0.4 is 0 Å². The highest BCUT2D eigenvalue weighted by Gasteiger charge is 2.56. The number of rotatable bonds is 8. The lowest BCUT2D eigenvalue weighted by Gasteiger charge is -2.28. The van der Waals surface area contributed by atoms with Crippen LogP contribution in [0.5, 0.6) is 0 Å². The van der Waals surface area contributed by atoms with E-state index < -0.39 is 37.5 Å². The SMILES string of the molecule is CCOP(=O)(OCC)C(F)(F)C[C@H]1COC[C@H]1C(=O)OC. The van der Waals surface area contributed by atoms with Crippen LogP contribution in [0.25, 0.3) is 0 Å². The molecule has 0 unspecified atom stereocenters. The molecule has 1 aliphatic heterocycles. The first-order chi connectivity index (χ1) is 9.81. The van der Waals surface area contributed by atoms with Gasteiger partial charge in [-0.05, 0) is 13.8 Å². The van der Waals surface area contributed by atoms with Crippen LogP contribution in [0.15, 0.2) is 0 Å². The molecule has 1 heterocycles. The summed E-state index contributed by atoms with van der Waals surface area (Å²) in [5.41, 5.74) is -3.69. The van der Waals surface area contributed by atoms with Gasteiger partial charge in [0.25, 0.3) is 0 Å². The molecular weight excluding hydrogens is 309 g/mol. The number of ether oxygens (including phenoxy) is 2. The van der Waals surface area contributed by atoms with E-state index in [1.54, 1.807) is 0 Å². The Labute approximate surface area is 122 Å². The Morgan fingerprint density at radius 3 is 2.33 bits per heavy atom. The molecule has 0 spiro atoms. The predicted octanol–water partition coefficient (Wildman–Crippen LogP) is 2.67. The van der Waals surface area contributed by atoms with Gasteiger partial charge >= 0.3 is 19.2 Å². The highest BCUT2D eigenvalue weighted by Crippen LogP contribution is 2.64. The largest absolute Gasteiger partial charge is 0.469 e. The van der Waals surface area contributed by atoms with Gasteiger partial charge < -0.3 is 18.5 Å². The lowest BCUT2D eigenvalue weighted by atomic mass is 9.93. The molecule has 1 aliphatic rings. The number of methoxy groups -OCH3 is 1. The first-order valence-corrected chi connectivity index (χ1v) is 8.28. The van der Waals surface area contributed by atoms with E-state index in [1.165, 1.54) is 21.0 Å². The third-order valence-electron chi connectivity index (χ3n) is 3.21. The molecular formula is C12H21F2O6P. The third-order valence-corrected chi connectivity index (χ3v) is 5.39. The summed E-state index contributed by atoms with van der Waals surface area (Å²) in [5.74, 6) is -2.20. The molecule has 0 amide bonds. The zero-order valence-electron chi connectivity index (χ0n) is 12.3. The van der Waals surface area contributed by atoms with Crippen molar-refractivity contribution in [1.29, 1.82) is 0 Å². The van der Waals surface area contributed by atoms with Crippen molar-refractivity contribution in [2.75, 3.05) is 33.5 Å². The van der Waals surface area contributed by atoms with Gasteiger partial charge in [-0.15, -0.1) is 0 Å². The average molecular weight is 330 g/mol. The maximum atomic E-state index is 14.3. The Kier molecular flexibility index (Phi) is 6.71. The van der Waals surface area contributed by atoms with Crippen molar-refractivity contribution in [3.8, 4) is 0 Å². The van der Waals surface area contributed by atoms with E-state index in [-0.39, 0.29) is 26.4 Å². The van der Waals surface area contributed by atoms with E-state index >= 15 is 0 Å². The molecule has 0 bridgehead atoms. The number of carbonyl (C=O) groups is 1. The fourth-order valence-electron chi connectivity index (χ4n) is 2.20. The Bertz CT molecular complexity index is 393. The van der Waals surface area contributed by atoms with Gasteiger partial charge in [0.2, 0.25) is 0 Å².